The maximum absolute atomic E-state index is 13.1. The highest BCUT2D eigenvalue weighted by atomic mass is 19.4. The summed E-state index contributed by atoms with van der Waals surface area (Å²) in [5, 5.41) is 8.80. The summed E-state index contributed by atoms with van der Waals surface area (Å²) in [5.41, 5.74) is 0.649. The van der Waals surface area contributed by atoms with Gasteiger partial charge in [0.1, 0.15) is 17.2 Å². The molecular weight excluding hydrogens is 479 g/mol. The lowest BCUT2D eigenvalue weighted by atomic mass is 10.2. The molecule has 1 saturated heterocycles. The van der Waals surface area contributed by atoms with Gasteiger partial charge in [0.25, 0.3) is 0 Å². The van der Waals surface area contributed by atoms with Gasteiger partial charge in [0.2, 0.25) is 0 Å². The van der Waals surface area contributed by atoms with Crippen LogP contribution in [0, 0.1) is 0 Å². The Bertz CT molecular complexity index is 1080. The Morgan fingerprint density at radius 1 is 1.17 bits per heavy atom. The molecular formula is C25H28F3N3O5. The van der Waals surface area contributed by atoms with Crippen LogP contribution in [0.3, 0.4) is 0 Å². The van der Waals surface area contributed by atoms with Crippen molar-refractivity contribution in [3.8, 4) is 5.75 Å². The number of likely N-dealkylation sites (tertiary alicyclic amines) is 1. The number of rotatable bonds is 7. The lowest BCUT2D eigenvalue weighted by Gasteiger charge is -2.31. The molecule has 2 aromatic rings. The van der Waals surface area contributed by atoms with Gasteiger partial charge in [-0.05, 0) is 68.7 Å². The second kappa shape index (κ2) is 11.0. The number of alkyl halides is 3. The molecule has 36 heavy (non-hydrogen) atoms. The quantitative estimate of drug-likeness (QED) is 0.522. The highest BCUT2D eigenvalue weighted by Gasteiger charge is 2.35. The summed E-state index contributed by atoms with van der Waals surface area (Å²) >= 11 is 0. The number of ether oxygens (including phenoxy) is 2. The highest BCUT2D eigenvalue weighted by molar-refractivity contribution is 5.88. The van der Waals surface area contributed by atoms with Crippen molar-refractivity contribution >= 4 is 24.0 Å². The Labute approximate surface area is 206 Å². The molecule has 3 rings (SSSR count). The van der Waals surface area contributed by atoms with Crippen LogP contribution in [-0.4, -0.2) is 58.1 Å². The fraction of sp³-hybridized carbons (Fsp3) is 0.400. The largest absolute Gasteiger partial charge is 0.573 e. The summed E-state index contributed by atoms with van der Waals surface area (Å²) in [6, 6.07) is 8.74. The molecule has 0 unspecified atom stereocenters. The Hall–Kier alpha value is -3.60. The molecule has 1 amide bonds. The molecule has 1 aromatic heterocycles. The van der Waals surface area contributed by atoms with Crippen molar-refractivity contribution in [1.82, 2.24) is 9.88 Å². The van der Waals surface area contributed by atoms with Gasteiger partial charge in [-0.2, -0.15) is 0 Å². The third kappa shape index (κ3) is 8.26. The number of aliphatic carboxylic acids is 1. The number of benzene rings is 1. The van der Waals surface area contributed by atoms with E-state index in [1.54, 1.807) is 45.0 Å². The van der Waals surface area contributed by atoms with Gasteiger partial charge in [0, 0.05) is 31.9 Å². The Morgan fingerprint density at radius 3 is 2.42 bits per heavy atom. The van der Waals surface area contributed by atoms with Crippen molar-refractivity contribution < 1.29 is 37.3 Å². The van der Waals surface area contributed by atoms with Crippen LogP contribution in [0.1, 0.15) is 38.3 Å². The lowest BCUT2D eigenvalue weighted by molar-refractivity contribution is -0.274. The fourth-order valence-corrected chi connectivity index (χ4v) is 3.77. The van der Waals surface area contributed by atoms with E-state index in [1.807, 2.05) is 0 Å². The van der Waals surface area contributed by atoms with Gasteiger partial charge in [0.15, 0.2) is 0 Å². The number of carbonyl (C=O) groups excluding carboxylic acids is 1. The number of halogens is 3. The molecule has 1 atom stereocenters. The first-order valence-electron chi connectivity index (χ1n) is 11.3. The normalized spacial score (nSPS) is 16.8. The summed E-state index contributed by atoms with van der Waals surface area (Å²) in [6.07, 6.45) is -0.782. The Kier molecular flexibility index (Phi) is 8.24. The number of amides is 1. The molecule has 11 heteroatoms. The zero-order valence-corrected chi connectivity index (χ0v) is 20.2. The van der Waals surface area contributed by atoms with Crippen LogP contribution < -0.4 is 9.64 Å². The van der Waals surface area contributed by atoms with E-state index in [0.717, 1.165) is 11.6 Å². The van der Waals surface area contributed by atoms with Gasteiger partial charge < -0.3 is 14.6 Å². The molecule has 0 bridgehead atoms. The van der Waals surface area contributed by atoms with Gasteiger partial charge in [-0.3, -0.25) is 9.80 Å². The van der Waals surface area contributed by atoms with Gasteiger partial charge >= 0.3 is 18.4 Å². The van der Waals surface area contributed by atoms with Gasteiger partial charge in [-0.15, -0.1) is 13.2 Å². The molecule has 1 aromatic carbocycles. The summed E-state index contributed by atoms with van der Waals surface area (Å²) in [6.45, 7) is 6.94. The zero-order valence-electron chi connectivity index (χ0n) is 20.2. The fourth-order valence-electron chi connectivity index (χ4n) is 3.77. The number of aromatic nitrogens is 1. The lowest BCUT2D eigenvalue weighted by Crippen LogP contribution is -2.45. The predicted octanol–water partition coefficient (Wildman–Crippen LogP) is 5.09. The van der Waals surface area contributed by atoms with E-state index in [4.69, 9.17) is 9.84 Å². The molecule has 8 nitrogen and oxygen atoms in total. The zero-order chi connectivity index (χ0) is 26.5. The smallest absolute Gasteiger partial charge is 0.478 e. The summed E-state index contributed by atoms with van der Waals surface area (Å²) in [5.74, 6) is -0.991. The predicted molar refractivity (Wildman–Crippen MR) is 126 cm³/mol. The second-order valence-corrected chi connectivity index (χ2v) is 9.34. The van der Waals surface area contributed by atoms with Gasteiger partial charge in [-0.1, -0.05) is 12.1 Å². The number of anilines is 1. The first-order valence-corrected chi connectivity index (χ1v) is 11.3. The SMILES string of the molecule is CC(C)(C)OC(=O)N(c1ccc(/C=C/C(=O)O)cn1)[C@@H]1CCN(Cc2ccc(OC(F)(F)F)cc2)C1. The van der Waals surface area contributed by atoms with Crippen LogP contribution in [0.4, 0.5) is 23.8 Å². The number of hydrogen-bond donors (Lipinski definition) is 1. The summed E-state index contributed by atoms with van der Waals surface area (Å²) in [7, 11) is 0. The monoisotopic (exact) mass is 507 g/mol. The first kappa shape index (κ1) is 27.0. The standard InChI is InChI=1S/C25H28F3N3O5/c1-24(2,3)36-23(34)31(21-10-6-17(14-29-21)7-11-22(32)33)19-12-13-30(16-19)15-18-4-8-20(9-5-18)35-25(26,27)28/h4-11,14,19H,12-13,15-16H2,1-3H3,(H,32,33)/b11-7+/t19-/m1/s1. The van der Waals surface area contributed by atoms with E-state index in [2.05, 4.69) is 14.6 Å². The van der Waals surface area contributed by atoms with E-state index in [9.17, 15) is 22.8 Å². The van der Waals surface area contributed by atoms with E-state index < -0.39 is 24.0 Å². The molecule has 194 valence electrons. The number of pyridine rings is 1. The average Bonchev–Trinajstić information content (AvgIpc) is 3.20. The van der Waals surface area contributed by atoms with E-state index in [-0.39, 0.29) is 11.8 Å². The van der Waals surface area contributed by atoms with Crippen LogP contribution in [0.25, 0.3) is 6.08 Å². The Morgan fingerprint density at radius 2 is 1.86 bits per heavy atom. The number of nitrogens with zero attached hydrogens (tertiary/aromatic N) is 3. The minimum Gasteiger partial charge on any atom is -0.478 e. The topological polar surface area (TPSA) is 92.2 Å². The number of carbonyl (C=O) groups is 2. The molecule has 0 saturated carbocycles. The van der Waals surface area contributed by atoms with Crippen molar-refractivity contribution in [3.63, 3.8) is 0 Å². The Balaban J connectivity index is 1.73. The van der Waals surface area contributed by atoms with Crippen LogP contribution in [0.15, 0.2) is 48.7 Å². The van der Waals surface area contributed by atoms with Crippen LogP contribution >= 0.6 is 0 Å². The summed E-state index contributed by atoms with van der Waals surface area (Å²) in [4.78, 5) is 31.8. The number of carboxylic acids is 1. The molecule has 1 fully saturated rings. The molecule has 0 spiro atoms. The third-order valence-corrected chi connectivity index (χ3v) is 5.20. The maximum atomic E-state index is 13.1. The van der Waals surface area contributed by atoms with E-state index >= 15 is 0 Å². The molecule has 1 aliphatic rings. The minimum atomic E-state index is -4.74. The molecule has 2 heterocycles. The van der Waals surface area contributed by atoms with E-state index in [1.165, 1.54) is 29.3 Å². The number of hydrogen-bond acceptors (Lipinski definition) is 6. The van der Waals surface area contributed by atoms with Crippen molar-refractivity contribution in [1.29, 1.82) is 0 Å². The van der Waals surface area contributed by atoms with Crippen LogP contribution in [-0.2, 0) is 16.1 Å². The molecule has 1 aliphatic heterocycles. The van der Waals surface area contributed by atoms with Crippen molar-refractivity contribution in [2.24, 2.45) is 0 Å². The van der Waals surface area contributed by atoms with Gasteiger partial charge in [0.05, 0.1) is 6.04 Å². The minimum absolute atomic E-state index is 0.249. The highest BCUT2D eigenvalue weighted by Crippen LogP contribution is 2.27. The average molecular weight is 508 g/mol. The van der Waals surface area contributed by atoms with Crippen molar-refractivity contribution in [2.45, 2.75) is 51.7 Å². The maximum Gasteiger partial charge on any atom is 0.573 e. The summed E-state index contributed by atoms with van der Waals surface area (Å²) < 4.78 is 46.7. The molecule has 0 aliphatic carbocycles. The van der Waals surface area contributed by atoms with Crippen molar-refractivity contribution in [2.75, 3.05) is 18.0 Å². The second-order valence-electron chi connectivity index (χ2n) is 9.34. The van der Waals surface area contributed by atoms with Crippen LogP contribution in [0.5, 0.6) is 5.75 Å². The van der Waals surface area contributed by atoms with Crippen molar-refractivity contribution in [3.05, 3.63) is 59.8 Å². The van der Waals surface area contributed by atoms with Crippen LogP contribution in [0.2, 0.25) is 0 Å². The third-order valence-electron chi connectivity index (χ3n) is 5.20. The number of carboxylic acid groups (broad SMARTS) is 1. The first-order chi connectivity index (χ1) is 16.8. The molecule has 1 N–H and O–H groups in total. The van der Waals surface area contributed by atoms with Gasteiger partial charge in [-0.25, -0.2) is 14.6 Å². The van der Waals surface area contributed by atoms with E-state index in [0.29, 0.717) is 37.4 Å². The molecule has 0 radical (unpaired) electrons.